The Hall–Kier alpha value is -2.03. The molecule has 3 heteroatoms. The van der Waals surface area contributed by atoms with Crippen LogP contribution in [0.2, 0.25) is 0 Å². The van der Waals surface area contributed by atoms with Crippen LogP contribution in [0.4, 0.5) is 0 Å². The van der Waals surface area contributed by atoms with Crippen LogP contribution in [0.1, 0.15) is 12.5 Å². The van der Waals surface area contributed by atoms with Crippen LogP contribution in [-0.4, -0.2) is 10.1 Å². The normalized spacial score (nSPS) is 10.3. The summed E-state index contributed by atoms with van der Waals surface area (Å²) in [5, 5.41) is 9.69. The molecule has 1 aromatic heterocycles. The summed E-state index contributed by atoms with van der Waals surface area (Å²) in [4.78, 5) is 14.2. The van der Waals surface area contributed by atoms with Crippen molar-refractivity contribution in [3.05, 3.63) is 52.4 Å². The number of aromatic nitrogens is 1. The molecule has 0 aliphatic rings. The lowest BCUT2D eigenvalue weighted by Crippen LogP contribution is -2.07. The topological polar surface area (TPSA) is 53.1 Å². The van der Waals surface area contributed by atoms with Crippen LogP contribution in [-0.2, 0) is 6.42 Å². The van der Waals surface area contributed by atoms with Crippen LogP contribution in [0.3, 0.4) is 0 Å². The second kappa shape index (κ2) is 4.23. The van der Waals surface area contributed by atoms with Gasteiger partial charge in [0, 0.05) is 6.20 Å². The molecule has 1 aromatic carbocycles. The Kier molecular flexibility index (Phi) is 2.77. The molecule has 3 nitrogen and oxygen atoms in total. The number of nitrogens with one attached hydrogen (secondary N) is 1. The summed E-state index contributed by atoms with van der Waals surface area (Å²) in [7, 11) is 0. The fourth-order valence-corrected chi connectivity index (χ4v) is 1.69. The lowest BCUT2D eigenvalue weighted by molar-refractivity contribution is 0.476. The molecule has 16 heavy (non-hydrogen) atoms. The first-order chi connectivity index (χ1) is 7.72. The molecule has 0 spiro atoms. The van der Waals surface area contributed by atoms with E-state index in [0.29, 0.717) is 5.56 Å². The maximum Gasteiger partial charge on any atom is 0.259 e. The molecule has 2 rings (SSSR count). The van der Waals surface area contributed by atoms with Gasteiger partial charge in [0.1, 0.15) is 5.75 Å². The summed E-state index contributed by atoms with van der Waals surface area (Å²) in [6.45, 7) is 2.05. The first kappa shape index (κ1) is 10.5. The van der Waals surface area contributed by atoms with Crippen molar-refractivity contribution in [2.75, 3.05) is 0 Å². The Balaban J connectivity index is 2.63. The molecular weight excluding hydrogens is 202 g/mol. The number of H-pyrrole nitrogens is 1. The fraction of sp³-hybridized carbons (Fsp3) is 0.154. The molecule has 82 valence electrons. The summed E-state index contributed by atoms with van der Waals surface area (Å²) < 4.78 is 0. The molecule has 0 aliphatic carbocycles. The standard InChI is InChI=1S/C13H13NO2/c1-2-9-4-3-5-10(8-9)12-11(15)6-7-14-13(12)16/h3-8H,2H2,1H3,(H2,14,15,16). The molecule has 0 saturated heterocycles. The first-order valence-electron chi connectivity index (χ1n) is 5.22. The second-order valence-electron chi connectivity index (χ2n) is 3.62. The SMILES string of the molecule is CCc1cccc(-c2c(O)cc[nH]c2=O)c1. The van der Waals surface area contributed by atoms with Crippen molar-refractivity contribution < 1.29 is 5.11 Å². The summed E-state index contributed by atoms with van der Waals surface area (Å²) in [5.74, 6) is 0.0111. The molecule has 0 atom stereocenters. The number of aromatic amines is 1. The number of hydrogen-bond donors (Lipinski definition) is 2. The zero-order valence-corrected chi connectivity index (χ0v) is 9.03. The molecule has 0 unspecified atom stereocenters. The largest absolute Gasteiger partial charge is 0.507 e. The molecule has 0 aliphatic heterocycles. The Morgan fingerprint density at radius 3 is 2.81 bits per heavy atom. The predicted octanol–water partition coefficient (Wildman–Crippen LogP) is 2.31. The van der Waals surface area contributed by atoms with Gasteiger partial charge in [-0.3, -0.25) is 4.79 Å². The van der Waals surface area contributed by atoms with Gasteiger partial charge in [0.15, 0.2) is 0 Å². The van der Waals surface area contributed by atoms with Crippen LogP contribution in [0.25, 0.3) is 11.1 Å². The van der Waals surface area contributed by atoms with Crippen molar-refractivity contribution in [3.63, 3.8) is 0 Å². The third-order valence-corrected chi connectivity index (χ3v) is 2.56. The average Bonchev–Trinajstić information content (AvgIpc) is 2.29. The smallest absolute Gasteiger partial charge is 0.259 e. The minimum atomic E-state index is -0.270. The van der Waals surface area contributed by atoms with E-state index in [9.17, 15) is 9.90 Å². The zero-order chi connectivity index (χ0) is 11.5. The summed E-state index contributed by atoms with van der Waals surface area (Å²) >= 11 is 0. The minimum absolute atomic E-state index is 0.0111. The molecule has 0 bridgehead atoms. The van der Waals surface area contributed by atoms with Crippen molar-refractivity contribution >= 4 is 0 Å². The van der Waals surface area contributed by atoms with Crippen molar-refractivity contribution in [1.29, 1.82) is 0 Å². The summed E-state index contributed by atoms with van der Waals surface area (Å²) in [6.07, 6.45) is 2.34. The highest BCUT2D eigenvalue weighted by atomic mass is 16.3. The van der Waals surface area contributed by atoms with Gasteiger partial charge in [-0.05, 0) is 23.6 Å². The van der Waals surface area contributed by atoms with Crippen molar-refractivity contribution in [3.8, 4) is 16.9 Å². The highest BCUT2D eigenvalue weighted by molar-refractivity contribution is 5.69. The quantitative estimate of drug-likeness (QED) is 0.807. The number of benzene rings is 1. The first-order valence-corrected chi connectivity index (χ1v) is 5.22. The van der Waals surface area contributed by atoms with E-state index in [1.165, 1.54) is 12.3 Å². The van der Waals surface area contributed by atoms with Crippen LogP contribution in [0.5, 0.6) is 5.75 Å². The fourth-order valence-electron chi connectivity index (χ4n) is 1.69. The summed E-state index contributed by atoms with van der Waals surface area (Å²) in [6, 6.07) is 9.11. The number of hydrogen-bond acceptors (Lipinski definition) is 2. The van der Waals surface area contributed by atoms with Crippen LogP contribution in [0.15, 0.2) is 41.3 Å². The maximum absolute atomic E-state index is 11.6. The number of aryl methyl sites for hydroxylation is 1. The van der Waals surface area contributed by atoms with Crippen LogP contribution < -0.4 is 5.56 Å². The molecular formula is C13H13NO2. The molecule has 0 fully saturated rings. The molecule has 0 saturated carbocycles. The van der Waals surface area contributed by atoms with E-state index in [4.69, 9.17) is 0 Å². The predicted molar refractivity (Wildman–Crippen MR) is 63.5 cm³/mol. The van der Waals surface area contributed by atoms with Gasteiger partial charge in [-0.25, -0.2) is 0 Å². The summed E-state index contributed by atoms with van der Waals surface area (Å²) in [5.41, 5.74) is 1.95. The lowest BCUT2D eigenvalue weighted by atomic mass is 10.0. The van der Waals surface area contributed by atoms with Gasteiger partial charge in [-0.1, -0.05) is 31.2 Å². The number of aromatic hydroxyl groups is 1. The van der Waals surface area contributed by atoms with Gasteiger partial charge in [-0.15, -0.1) is 0 Å². The van der Waals surface area contributed by atoms with Gasteiger partial charge in [0.25, 0.3) is 5.56 Å². The van der Waals surface area contributed by atoms with E-state index in [-0.39, 0.29) is 11.3 Å². The monoisotopic (exact) mass is 215 g/mol. The number of pyridine rings is 1. The van der Waals surface area contributed by atoms with Gasteiger partial charge in [0.2, 0.25) is 0 Å². The Morgan fingerprint density at radius 2 is 2.12 bits per heavy atom. The Labute approximate surface area is 93.4 Å². The molecule has 2 aromatic rings. The third-order valence-electron chi connectivity index (χ3n) is 2.56. The highest BCUT2D eigenvalue weighted by Gasteiger charge is 2.08. The van der Waals surface area contributed by atoms with Crippen LogP contribution in [0, 0.1) is 0 Å². The molecule has 0 radical (unpaired) electrons. The van der Waals surface area contributed by atoms with E-state index in [1.807, 2.05) is 31.2 Å². The maximum atomic E-state index is 11.6. The highest BCUT2D eigenvalue weighted by Crippen LogP contribution is 2.25. The van der Waals surface area contributed by atoms with E-state index in [1.54, 1.807) is 0 Å². The minimum Gasteiger partial charge on any atom is -0.507 e. The molecule has 1 heterocycles. The van der Waals surface area contributed by atoms with E-state index in [2.05, 4.69) is 4.98 Å². The van der Waals surface area contributed by atoms with Crippen molar-refractivity contribution in [2.45, 2.75) is 13.3 Å². The molecule has 0 amide bonds. The van der Waals surface area contributed by atoms with Gasteiger partial charge in [0.05, 0.1) is 5.56 Å². The third kappa shape index (κ3) is 1.84. The zero-order valence-electron chi connectivity index (χ0n) is 9.03. The van der Waals surface area contributed by atoms with Gasteiger partial charge >= 0.3 is 0 Å². The average molecular weight is 215 g/mol. The van der Waals surface area contributed by atoms with E-state index >= 15 is 0 Å². The van der Waals surface area contributed by atoms with Crippen LogP contribution >= 0.6 is 0 Å². The van der Waals surface area contributed by atoms with E-state index in [0.717, 1.165) is 17.5 Å². The lowest BCUT2D eigenvalue weighted by Gasteiger charge is -2.04. The van der Waals surface area contributed by atoms with Gasteiger partial charge in [-0.2, -0.15) is 0 Å². The van der Waals surface area contributed by atoms with E-state index < -0.39 is 0 Å². The van der Waals surface area contributed by atoms with Crippen molar-refractivity contribution in [1.82, 2.24) is 4.98 Å². The number of rotatable bonds is 2. The molecule has 2 N–H and O–H groups in total. The Bertz CT molecular complexity index is 558. The Morgan fingerprint density at radius 1 is 1.31 bits per heavy atom. The second-order valence-corrected chi connectivity index (χ2v) is 3.62. The van der Waals surface area contributed by atoms with Gasteiger partial charge < -0.3 is 10.1 Å². The van der Waals surface area contributed by atoms with Crippen molar-refractivity contribution in [2.24, 2.45) is 0 Å².